The van der Waals surface area contributed by atoms with Gasteiger partial charge in [0.05, 0.1) is 22.3 Å². The SMILES string of the molecule is CC(C)(C)c1ccc2c(c1)-c1ccccc1C2=O.CC(C)(C)c1ccc2c(c1)CCC2=O.CC(C)(C)c1ccc2c(c1)CCN2.CC(C)(C)c1ccc2c(c1)OCO2.CC(C)(C)c1ccc2ccccc2c1.CC(C)(C)c1ccc2cnccc2c1.CCn1c2ccccc2c2cc(C(C)(C)C)ccc21.COc1cc(C)c2nc(C(C)(C)C)sc2c1.Cc1cn(C)c2ccccc12. The summed E-state index contributed by atoms with van der Waals surface area (Å²) in [5.41, 5.74) is 27.4. The number of benzene rings is 12. The van der Waals surface area contributed by atoms with Crippen molar-refractivity contribution in [1.29, 1.82) is 0 Å². The number of ether oxygens (including phenoxy) is 3. The van der Waals surface area contributed by atoms with Crippen molar-refractivity contribution in [3.05, 3.63) is 344 Å². The molecule has 0 amide bonds. The second-order valence-corrected chi connectivity index (χ2v) is 44.8. The first-order valence-electron chi connectivity index (χ1n) is 47.0. The first-order valence-corrected chi connectivity index (χ1v) is 47.8. The zero-order valence-corrected chi connectivity index (χ0v) is 85.1. The molecule has 0 saturated heterocycles. The number of anilines is 1. The highest BCUT2D eigenvalue weighted by atomic mass is 32.1. The number of thiazole rings is 1. The molecule has 11 heteroatoms. The Morgan fingerprint density at radius 3 is 1.50 bits per heavy atom. The number of hydrogen-bond acceptors (Lipinski definition) is 9. The van der Waals surface area contributed by atoms with Crippen molar-refractivity contribution >= 4 is 93.1 Å². The van der Waals surface area contributed by atoms with Crippen LogP contribution in [0.1, 0.15) is 272 Å². The Morgan fingerprint density at radius 1 is 0.402 bits per heavy atom. The Hall–Kier alpha value is -11.9. The third-order valence-corrected chi connectivity index (χ3v) is 26.5. The van der Waals surface area contributed by atoms with E-state index in [-0.39, 0.29) is 49.1 Å². The highest BCUT2D eigenvalue weighted by Gasteiger charge is 2.30. The fraction of sp³-hybridized carbons (Fsp3) is 0.355. The maximum absolute atomic E-state index is 12.2. The third-order valence-electron chi connectivity index (χ3n) is 25.1. The molecule has 12 aromatic carbocycles. The van der Waals surface area contributed by atoms with Crippen molar-refractivity contribution in [3.63, 3.8) is 0 Å². The Kier molecular flexibility index (Phi) is 30.2. The molecule has 6 heterocycles. The van der Waals surface area contributed by atoms with E-state index in [1.807, 2.05) is 60.9 Å². The number of Topliss-reactive ketones (excluding diaryl/α,β-unsaturated/α-hetero) is 1. The summed E-state index contributed by atoms with van der Waals surface area (Å²) in [6.45, 7) is 62.2. The number of carbonyl (C=O) groups is 2. The average molecular weight is 1780 g/mol. The highest BCUT2D eigenvalue weighted by molar-refractivity contribution is 7.18. The lowest BCUT2D eigenvalue weighted by Crippen LogP contribution is -2.11. The van der Waals surface area contributed by atoms with Gasteiger partial charge in [-0.1, -0.05) is 342 Å². The van der Waals surface area contributed by atoms with E-state index in [9.17, 15) is 9.59 Å². The van der Waals surface area contributed by atoms with Gasteiger partial charge >= 0.3 is 0 Å². The van der Waals surface area contributed by atoms with Crippen LogP contribution in [0.25, 0.3) is 75.6 Å². The molecule has 2 aliphatic carbocycles. The predicted octanol–water partition coefficient (Wildman–Crippen LogP) is 32.2. The number of nitrogens with one attached hydrogen (secondary N) is 1. The largest absolute Gasteiger partial charge is 0.497 e. The fourth-order valence-electron chi connectivity index (χ4n) is 16.8. The van der Waals surface area contributed by atoms with Gasteiger partial charge in [0.15, 0.2) is 23.1 Å². The van der Waals surface area contributed by atoms with Gasteiger partial charge in [-0.2, -0.15) is 0 Å². The van der Waals surface area contributed by atoms with Crippen LogP contribution in [-0.2, 0) is 69.8 Å². The second kappa shape index (κ2) is 40.3. The van der Waals surface area contributed by atoms with Gasteiger partial charge in [0, 0.05) is 111 Å². The number of aromatic nitrogens is 4. The topological polar surface area (TPSA) is 110 Å². The summed E-state index contributed by atoms with van der Waals surface area (Å²) in [5, 5.41) is 13.8. The lowest BCUT2D eigenvalue weighted by Gasteiger charge is -2.19. The summed E-state index contributed by atoms with van der Waals surface area (Å²) in [7, 11) is 3.78. The van der Waals surface area contributed by atoms with Gasteiger partial charge in [-0.05, 0) is 227 Å². The van der Waals surface area contributed by atoms with Crippen molar-refractivity contribution in [1.82, 2.24) is 19.1 Å². The standard InChI is InChI=1S/C18H21N.C17H16O.C14H16.C13H17NOS.C13H15N.C13H16O.C12H17N.C11H14O2.C10H11N/c1-5-19-16-9-7-6-8-14(16)15-12-13(18(2,3)4)10-11-17(15)19;1-17(2,3)11-8-9-14-15(10-11)12-6-4-5-7-13(12)16(14)18;1-14(2,3)13-9-8-11-6-4-5-7-12(11)10-13;1-8-6-9(15-5)7-10-11(8)14-12(16-10)13(2,3)4;1-13(2,3)12-5-4-11-9-14-7-6-10(11)8-12;1-13(2,3)10-5-6-11-9(8-10)4-7-12(11)14;1-12(2,3)10-4-5-11-9(8-10)6-7-13-11;1-11(2,3)8-4-5-9-10(6-8)13-7-12-9;1-8-7-11(2)10-6-4-3-5-9(8)10/h6-12H,5H2,1-4H3;4-10H,1-3H3;4-10H,1-3H3;6-7H,1-5H3;4-9H,1-3H3;5-6,8H,4,7H2,1-3H3;4-5,8,13H,6-7H2,1-3H3;4-6H,7H2,1-3H3;3-7H,1-2H3. The number of hydrogen-bond donors (Lipinski definition) is 1. The van der Waals surface area contributed by atoms with E-state index in [4.69, 9.17) is 19.2 Å². The second-order valence-electron chi connectivity index (χ2n) is 43.8. The first-order chi connectivity index (χ1) is 62.0. The molecule has 688 valence electrons. The van der Waals surface area contributed by atoms with Crippen LogP contribution in [-0.4, -0.2) is 51.1 Å². The highest BCUT2D eigenvalue weighted by Crippen LogP contribution is 2.42. The molecule has 0 bridgehead atoms. The van der Waals surface area contributed by atoms with E-state index in [2.05, 4.69) is 414 Å². The molecule has 0 fully saturated rings. The summed E-state index contributed by atoms with van der Waals surface area (Å²) in [5.74, 6) is 3.09. The normalized spacial score (nSPS) is 13.1. The molecule has 20 rings (SSSR count). The summed E-state index contributed by atoms with van der Waals surface area (Å²) in [6.07, 6.45) is 8.71. The van der Waals surface area contributed by atoms with Crippen LogP contribution in [0, 0.1) is 13.8 Å². The Balaban J connectivity index is 0.000000135. The molecule has 4 aliphatic rings. The molecule has 10 nitrogen and oxygen atoms in total. The molecule has 0 radical (unpaired) electrons. The summed E-state index contributed by atoms with van der Waals surface area (Å²) >= 11 is 1.76. The van der Waals surface area contributed by atoms with E-state index < -0.39 is 0 Å². The van der Waals surface area contributed by atoms with Crippen molar-refractivity contribution in [2.45, 2.75) is 256 Å². The van der Waals surface area contributed by atoms with Gasteiger partial charge in [-0.3, -0.25) is 14.6 Å². The number of rotatable bonds is 2. The van der Waals surface area contributed by atoms with Crippen molar-refractivity contribution in [2.75, 3.05) is 25.8 Å². The minimum atomic E-state index is 0.107. The van der Waals surface area contributed by atoms with Crippen LogP contribution in [0.4, 0.5) is 5.69 Å². The van der Waals surface area contributed by atoms with E-state index in [0.717, 1.165) is 70.1 Å². The molecule has 2 aliphatic heterocycles. The molecule has 0 unspecified atom stereocenters. The van der Waals surface area contributed by atoms with E-state index >= 15 is 0 Å². The van der Waals surface area contributed by atoms with Crippen LogP contribution >= 0.6 is 11.3 Å². The fourth-order valence-corrected chi connectivity index (χ4v) is 17.9. The van der Waals surface area contributed by atoms with E-state index in [1.165, 1.54) is 137 Å². The summed E-state index contributed by atoms with van der Waals surface area (Å²) < 4.78 is 21.6. The third kappa shape index (κ3) is 24.1. The molecule has 4 aromatic heterocycles. The van der Waals surface area contributed by atoms with E-state index in [1.54, 1.807) is 18.4 Å². The zero-order valence-electron chi connectivity index (χ0n) is 84.3. The molecule has 132 heavy (non-hydrogen) atoms. The molecular formula is C121H143N5O5S. The van der Waals surface area contributed by atoms with Crippen LogP contribution in [0.2, 0.25) is 0 Å². The van der Waals surface area contributed by atoms with Crippen LogP contribution in [0.5, 0.6) is 17.2 Å². The molecule has 16 aromatic rings. The lowest BCUT2D eigenvalue weighted by atomic mass is 9.85. The molecular weight excluding hydrogens is 1640 g/mol. The number of fused-ring (bicyclic) bond motifs is 13. The zero-order chi connectivity index (χ0) is 96.0. The smallest absolute Gasteiger partial charge is 0.231 e. The van der Waals surface area contributed by atoms with Gasteiger partial charge < -0.3 is 28.7 Å². The van der Waals surface area contributed by atoms with Crippen LogP contribution in [0.3, 0.4) is 0 Å². The van der Waals surface area contributed by atoms with Crippen molar-refractivity contribution < 1.29 is 23.8 Å². The number of ketones is 2. The molecule has 0 spiro atoms. The lowest BCUT2D eigenvalue weighted by molar-refractivity contribution is 0.0993. The van der Waals surface area contributed by atoms with Crippen LogP contribution in [0.15, 0.2) is 261 Å². The van der Waals surface area contributed by atoms with Gasteiger partial charge in [0.1, 0.15) is 5.75 Å². The van der Waals surface area contributed by atoms with Crippen molar-refractivity contribution in [2.24, 2.45) is 7.05 Å². The molecule has 0 saturated carbocycles. The predicted molar refractivity (Wildman–Crippen MR) is 565 cm³/mol. The van der Waals surface area contributed by atoms with Gasteiger partial charge in [0.2, 0.25) is 6.79 Å². The number of pyridine rings is 1. The molecule has 0 atom stereocenters. The Morgan fingerprint density at radius 2 is 0.886 bits per heavy atom. The van der Waals surface area contributed by atoms with Gasteiger partial charge in [-0.25, -0.2) is 4.98 Å². The Bertz CT molecular complexity index is 6600. The number of nitrogens with zero attached hydrogens (tertiary/aromatic N) is 4. The maximum atomic E-state index is 12.2. The molecule has 1 N–H and O–H groups in total. The summed E-state index contributed by atoms with van der Waals surface area (Å²) in [6, 6.07) is 85.3. The first kappa shape index (κ1) is 99.1. The minimum absolute atomic E-state index is 0.107. The average Bonchev–Trinajstić information content (AvgIpc) is 1.61. The summed E-state index contributed by atoms with van der Waals surface area (Å²) in [4.78, 5) is 32.5. The van der Waals surface area contributed by atoms with Gasteiger partial charge in [-0.15, -0.1) is 11.3 Å². The number of para-hydroxylation sites is 2. The Labute approximate surface area is 792 Å². The van der Waals surface area contributed by atoms with Gasteiger partial charge in [0.25, 0.3) is 0 Å². The maximum Gasteiger partial charge on any atom is 0.231 e. The quantitative estimate of drug-likeness (QED) is 0.182. The number of aryl methyl sites for hydroxylation is 5. The van der Waals surface area contributed by atoms with E-state index in [0.29, 0.717) is 19.0 Å². The number of carbonyl (C=O) groups excluding carboxylic acids is 2. The van der Waals surface area contributed by atoms with Crippen molar-refractivity contribution in [3.8, 4) is 28.4 Å². The monoisotopic (exact) mass is 1780 g/mol. The number of methoxy groups -OCH3 is 1. The van der Waals surface area contributed by atoms with Crippen LogP contribution < -0.4 is 19.5 Å². The minimum Gasteiger partial charge on any atom is -0.497 e.